The number of carbonyl (C=O) groups excluding carboxylic acids is 1. The van der Waals surface area contributed by atoms with Gasteiger partial charge < -0.3 is 15.4 Å². The van der Waals surface area contributed by atoms with Gasteiger partial charge >= 0.3 is 0 Å². The highest BCUT2D eigenvalue weighted by Crippen LogP contribution is 2.34. The topological polar surface area (TPSA) is 55.6 Å². The molecule has 0 aromatic rings. The molecule has 2 rings (SSSR count). The maximum Gasteiger partial charge on any atom is 0.226 e. The molecule has 0 aromatic carbocycles. The zero-order chi connectivity index (χ0) is 13.1. The van der Waals surface area contributed by atoms with Crippen LogP contribution in [0.3, 0.4) is 0 Å². The van der Waals surface area contributed by atoms with E-state index in [-0.39, 0.29) is 18.1 Å². The van der Waals surface area contributed by atoms with Crippen molar-refractivity contribution in [1.82, 2.24) is 4.90 Å². The number of likely N-dealkylation sites (tertiary alicyclic amines) is 1. The van der Waals surface area contributed by atoms with Crippen LogP contribution < -0.4 is 5.73 Å². The van der Waals surface area contributed by atoms with Crippen molar-refractivity contribution in [2.24, 2.45) is 17.6 Å². The minimum atomic E-state index is 0.170. The second kappa shape index (κ2) is 6.02. The number of hydrogen-bond donors (Lipinski definition) is 1. The lowest BCUT2D eigenvalue weighted by atomic mass is 9.92. The van der Waals surface area contributed by atoms with E-state index in [2.05, 4.69) is 6.92 Å². The SMILES string of the molecule is COC1CCN(C(=O)C2CCCC2C)C(CN)C1. The summed E-state index contributed by atoms with van der Waals surface area (Å²) >= 11 is 0. The lowest BCUT2D eigenvalue weighted by molar-refractivity contribution is -0.142. The third kappa shape index (κ3) is 2.69. The first-order valence-electron chi connectivity index (χ1n) is 7.20. The second-order valence-corrected chi connectivity index (χ2v) is 5.82. The third-order valence-corrected chi connectivity index (χ3v) is 4.73. The number of rotatable bonds is 3. The molecule has 1 saturated heterocycles. The Morgan fingerprint density at radius 3 is 2.72 bits per heavy atom. The average Bonchev–Trinajstić information content (AvgIpc) is 2.83. The summed E-state index contributed by atoms with van der Waals surface area (Å²) in [5.74, 6) is 1.11. The van der Waals surface area contributed by atoms with Gasteiger partial charge in [-0.15, -0.1) is 0 Å². The number of nitrogens with zero attached hydrogens (tertiary/aromatic N) is 1. The zero-order valence-corrected chi connectivity index (χ0v) is 11.6. The molecule has 0 spiro atoms. The number of amides is 1. The maximum absolute atomic E-state index is 12.6. The predicted molar refractivity (Wildman–Crippen MR) is 71.1 cm³/mol. The third-order valence-electron chi connectivity index (χ3n) is 4.73. The summed E-state index contributed by atoms with van der Waals surface area (Å²) in [7, 11) is 1.74. The standard InChI is InChI=1S/C14H26N2O2/c1-10-4-3-5-13(10)14(17)16-7-6-12(18-2)8-11(16)9-15/h10-13H,3-9,15H2,1-2H3. The van der Waals surface area contributed by atoms with E-state index in [1.807, 2.05) is 4.90 Å². The van der Waals surface area contributed by atoms with Crippen molar-refractivity contribution in [2.45, 2.75) is 51.2 Å². The van der Waals surface area contributed by atoms with Crippen LogP contribution in [0.2, 0.25) is 0 Å². The van der Waals surface area contributed by atoms with E-state index in [9.17, 15) is 4.79 Å². The molecule has 2 fully saturated rings. The van der Waals surface area contributed by atoms with Gasteiger partial charge in [0, 0.05) is 32.2 Å². The van der Waals surface area contributed by atoms with Gasteiger partial charge in [-0.3, -0.25) is 4.79 Å². The van der Waals surface area contributed by atoms with Gasteiger partial charge in [-0.25, -0.2) is 0 Å². The van der Waals surface area contributed by atoms with Gasteiger partial charge in [0.25, 0.3) is 0 Å². The van der Waals surface area contributed by atoms with E-state index in [4.69, 9.17) is 10.5 Å². The number of carbonyl (C=O) groups is 1. The normalized spacial score (nSPS) is 36.9. The smallest absolute Gasteiger partial charge is 0.226 e. The van der Waals surface area contributed by atoms with Crippen molar-refractivity contribution in [3.63, 3.8) is 0 Å². The largest absolute Gasteiger partial charge is 0.381 e. The predicted octanol–water partition coefficient (Wildman–Crippen LogP) is 1.39. The molecule has 1 heterocycles. The van der Waals surface area contributed by atoms with Crippen LogP contribution in [0.15, 0.2) is 0 Å². The fourth-order valence-electron chi connectivity index (χ4n) is 3.47. The van der Waals surface area contributed by atoms with E-state index >= 15 is 0 Å². The maximum atomic E-state index is 12.6. The van der Waals surface area contributed by atoms with Crippen LogP contribution >= 0.6 is 0 Å². The Morgan fingerprint density at radius 2 is 2.17 bits per heavy atom. The molecule has 1 aliphatic carbocycles. The molecule has 104 valence electrons. The molecule has 0 aromatic heterocycles. The lowest BCUT2D eigenvalue weighted by Gasteiger charge is -2.40. The summed E-state index contributed by atoms with van der Waals surface area (Å²) in [6.07, 6.45) is 5.54. The van der Waals surface area contributed by atoms with Gasteiger partial charge in [0.2, 0.25) is 5.91 Å². The fourth-order valence-corrected chi connectivity index (χ4v) is 3.47. The van der Waals surface area contributed by atoms with Crippen molar-refractivity contribution in [3.8, 4) is 0 Å². The molecule has 1 aliphatic heterocycles. The first-order chi connectivity index (χ1) is 8.67. The summed E-state index contributed by atoms with van der Waals surface area (Å²) < 4.78 is 5.40. The Balaban J connectivity index is 2.00. The monoisotopic (exact) mass is 254 g/mol. The summed E-state index contributed by atoms with van der Waals surface area (Å²) in [6.45, 7) is 3.56. The van der Waals surface area contributed by atoms with Gasteiger partial charge in [0.1, 0.15) is 0 Å². The van der Waals surface area contributed by atoms with E-state index < -0.39 is 0 Å². The van der Waals surface area contributed by atoms with Crippen molar-refractivity contribution < 1.29 is 9.53 Å². The molecule has 4 heteroatoms. The summed E-state index contributed by atoms with van der Waals surface area (Å²) in [5, 5.41) is 0. The fraction of sp³-hybridized carbons (Fsp3) is 0.929. The Morgan fingerprint density at radius 1 is 1.39 bits per heavy atom. The van der Waals surface area contributed by atoms with Crippen LogP contribution in [0.5, 0.6) is 0 Å². The molecule has 1 amide bonds. The van der Waals surface area contributed by atoms with Gasteiger partial charge in [-0.05, 0) is 31.6 Å². The lowest BCUT2D eigenvalue weighted by Crippen LogP contribution is -2.53. The minimum Gasteiger partial charge on any atom is -0.381 e. The van der Waals surface area contributed by atoms with Crippen LogP contribution in [-0.4, -0.2) is 43.2 Å². The van der Waals surface area contributed by atoms with E-state index in [1.165, 1.54) is 12.8 Å². The Kier molecular flexibility index (Phi) is 4.62. The van der Waals surface area contributed by atoms with Crippen LogP contribution in [-0.2, 0) is 9.53 Å². The highest BCUT2D eigenvalue weighted by Gasteiger charge is 2.37. The van der Waals surface area contributed by atoms with Crippen LogP contribution in [0, 0.1) is 11.8 Å². The highest BCUT2D eigenvalue weighted by molar-refractivity contribution is 5.80. The quantitative estimate of drug-likeness (QED) is 0.828. The number of hydrogen-bond acceptors (Lipinski definition) is 3. The molecule has 0 radical (unpaired) electrons. The molecular weight excluding hydrogens is 228 g/mol. The first kappa shape index (κ1) is 13.8. The number of ether oxygens (including phenoxy) is 1. The molecule has 4 unspecified atom stereocenters. The number of methoxy groups -OCH3 is 1. The Hall–Kier alpha value is -0.610. The van der Waals surface area contributed by atoms with Gasteiger partial charge in [0.05, 0.1) is 6.10 Å². The van der Waals surface area contributed by atoms with E-state index in [0.29, 0.717) is 18.4 Å². The molecular formula is C14H26N2O2. The summed E-state index contributed by atoms with van der Waals surface area (Å²) in [4.78, 5) is 14.6. The van der Waals surface area contributed by atoms with Gasteiger partial charge in [0.15, 0.2) is 0 Å². The minimum absolute atomic E-state index is 0.170. The number of piperidine rings is 1. The molecule has 4 nitrogen and oxygen atoms in total. The zero-order valence-electron chi connectivity index (χ0n) is 11.6. The highest BCUT2D eigenvalue weighted by atomic mass is 16.5. The van der Waals surface area contributed by atoms with Crippen LogP contribution in [0.1, 0.15) is 39.0 Å². The van der Waals surface area contributed by atoms with Crippen molar-refractivity contribution in [3.05, 3.63) is 0 Å². The second-order valence-electron chi connectivity index (χ2n) is 5.82. The first-order valence-corrected chi connectivity index (χ1v) is 7.20. The van der Waals surface area contributed by atoms with Crippen molar-refractivity contribution in [2.75, 3.05) is 20.2 Å². The van der Waals surface area contributed by atoms with Gasteiger partial charge in [-0.2, -0.15) is 0 Å². The van der Waals surface area contributed by atoms with Crippen molar-refractivity contribution in [1.29, 1.82) is 0 Å². The van der Waals surface area contributed by atoms with E-state index in [1.54, 1.807) is 7.11 Å². The molecule has 18 heavy (non-hydrogen) atoms. The Bertz CT molecular complexity index is 296. The molecule has 1 saturated carbocycles. The van der Waals surface area contributed by atoms with Crippen LogP contribution in [0.4, 0.5) is 0 Å². The molecule has 2 N–H and O–H groups in total. The summed E-state index contributed by atoms with van der Waals surface area (Å²) in [6, 6.07) is 0.170. The summed E-state index contributed by atoms with van der Waals surface area (Å²) in [5.41, 5.74) is 5.83. The molecule has 4 atom stereocenters. The number of nitrogens with two attached hydrogens (primary N) is 1. The van der Waals surface area contributed by atoms with Crippen molar-refractivity contribution >= 4 is 5.91 Å². The molecule has 0 bridgehead atoms. The Labute approximate surface area is 110 Å². The van der Waals surface area contributed by atoms with Gasteiger partial charge in [-0.1, -0.05) is 13.3 Å². The van der Waals surface area contributed by atoms with E-state index in [0.717, 1.165) is 25.8 Å². The average molecular weight is 254 g/mol. The van der Waals surface area contributed by atoms with Crippen LogP contribution in [0.25, 0.3) is 0 Å². The molecule has 2 aliphatic rings.